The van der Waals surface area contributed by atoms with Gasteiger partial charge in [-0.05, 0) is 42.4 Å². The minimum atomic E-state index is -3.68. The molecule has 2 rings (SSSR count). The Morgan fingerprint density at radius 2 is 1.95 bits per heavy atom. The smallest absolute Gasteiger partial charge is 0.238 e. The van der Waals surface area contributed by atoms with E-state index in [1.165, 1.54) is 18.9 Å². The van der Waals surface area contributed by atoms with Crippen LogP contribution in [0.4, 0.5) is 0 Å². The maximum Gasteiger partial charge on any atom is 0.238 e. The van der Waals surface area contributed by atoms with E-state index >= 15 is 0 Å². The van der Waals surface area contributed by atoms with Gasteiger partial charge in [0, 0.05) is 5.56 Å². The lowest BCUT2D eigenvalue weighted by Crippen LogP contribution is -2.17. The average Bonchev–Trinajstić information content (AvgIpc) is 3.07. The van der Waals surface area contributed by atoms with Crippen LogP contribution in [0.5, 0.6) is 5.75 Å². The maximum atomic E-state index is 11.4. The van der Waals surface area contributed by atoms with Gasteiger partial charge in [0.15, 0.2) is 0 Å². The molecule has 0 aromatic heterocycles. The van der Waals surface area contributed by atoms with Crippen molar-refractivity contribution in [3.63, 3.8) is 0 Å². The molecule has 1 aliphatic carbocycles. The Bertz CT molecular complexity index is 569. The Morgan fingerprint density at radius 3 is 2.42 bits per heavy atom. The molecule has 0 atom stereocenters. The van der Waals surface area contributed by atoms with E-state index in [-0.39, 0.29) is 10.3 Å². The lowest BCUT2D eigenvalue weighted by Gasteiger charge is -2.23. The van der Waals surface area contributed by atoms with Crippen molar-refractivity contribution < 1.29 is 13.2 Å². The van der Waals surface area contributed by atoms with Crippen LogP contribution in [0.3, 0.4) is 0 Å². The number of hydrogen-bond donors (Lipinski definition) is 1. The van der Waals surface area contributed by atoms with Crippen molar-refractivity contribution in [1.82, 2.24) is 0 Å². The molecule has 1 fully saturated rings. The average molecular weight is 283 g/mol. The van der Waals surface area contributed by atoms with Gasteiger partial charge in [-0.3, -0.25) is 0 Å². The first kappa shape index (κ1) is 14.3. The molecular formula is C14H21NO3S. The Hall–Kier alpha value is -1.07. The number of hydrogen-bond acceptors (Lipinski definition) is 3. The zero-order valence-electron chi connectivity index (χ0n) is 11.6. The van der Waals surface area contributed by atoms with E-state index in [1.54, 1.807) is 12.1 Å². The molecule has 0 heterocycles. The summed E-state index contributed by atoms with van der Waals surface area (Å²) in [6.45, 7) is 6.79. The van der Waals surface area contributed by atoms with E-state index in [0.29, 0.717) is 12.5 Å². The Kier molecular flexibility index (Phi) is 3.62. The van der Waals surface area contributed by atoms with Crippen LogP contribution in [0.1, 0.15) is 39.2 Å². The molecule has 19 heavy (non-hydrogen) atoms. The van der Waals surface area contributed by atoms with Crippen LogP contribution in [0.2, 0.25) is 0 Å². The highest BCUT2D eigenvalue weighted by Gasteiger charge is 2.25. The van der Waals surface area contributed by atoms with Gasteiger partial charge in [0.2, 0.25) is 10.0 Å². The summed E-state index contributed by atoms with van der Waals surface area (Å²) in [5, 5.41) is 5.18. The zero-order chi connectivity index (χ0) is 14.3. The topological polar surface area (TPSA) is 69.4 Å². The zero-order valence-corrected chi connectivity index (χ0v) is 12.5. The largest absolute Gasteiger partial charge is 0.493 e. The Labute approximate surface area is 115 Å². The molecule has 4 nitrogen and oxygen atoms in total. The number of benzene rings is 1. The molecule has 0 unspecified atom stereocenters. The van der Waals surface area contributed by atoms with Crippen molar-refractivity contribution >= 4 is 10.0 Å². The van der Waals surface area contributed by atoms with E-state index < -0.39 is 10.0 Å². The standard InChI is InChI=1S/C14H21NO3S/c1-14(2,3)12-8-11(19(15,16)17)6-7-13(12)18-9-10-4-5-10/h6-8,10H,4-5,9H2,1-3H3,(H2,15,16,17). The van der Waals surface area contributed by atoms with Crippen LogP contribution in [-0.2, 0) is 15.4 Å². The summed E-state index contributed by atoms with van der Waals surface area (Å²) in [4.78, 5) is 0.135. The number of rotatable bonds is 4. The van der Waals surface area contributed by atoms with E-state index in [4.69, 9.17) is 9.88 Å². The van der Waals surface area contributed by atoms with Crippen LogP contribution in [0, 0.1) is 5.92 Å². The van der Waals surface area contributed by atoms with E-state index in [1.807, 2.05) is 20.8 Å². The molecule has 1 aromatic rings. The van der Waals surface area contributed by atoms with Crippen molar-refractivity contribution in [2.24, 2.45) is 11.1 Å². The summed E-state index contributed by atoms with van der Waals surface area (Å²) >= 11 is 0. The highest BCUT2D eigenvalue weighted by atomic mass is 32.2. The normalized spacial score (nSPS) is 16.4. The van der Waals surface area contributed by atoms with Crippen LogP contribution >= 0.6 is 0 Å². The van der Waals surface area contributed by atoms with Crippen LogP contribution < -0.4 is 9.88 Å². The SMILES string of the molecule is CC(C)(C)c1cc(S(N)(=O)=O)ccc1OCC1CC1. The predicted molar refractivity (Wildman–Crippen MR) is 74.7 cm³/mol. The van der Waals surface area contributed by atoms with Gasteiger partial charge in [0.1, 0.15) is 5.75 Å². The van der Waals surface area contributed by atoms with Crippen LogP contribution in [0.25, 0.3) is 0 Å². The molecule has 0 radical (unpaired) electrons. The molecule has 2 N–H and O–H groups in total. The number of sulfonamides is 1. The van der Waals surface area contributed by atoms with Crippen molar-refractivity contribution in [2.75, 3.05) is 6.61 Å². The fraction of sp³-hybridized carbons (Fsp3) is 0.571. The summed E-state index contributed by atoms with van der Waals surface area (Å²) in [5.41, 5.74) is 0.680. The fourth-order valence-electron chi connectivity index (χ4n) is 1.89. The third-order valence-corrected chi connectivity index (χ3v) is 4.17. The highest BCUT2D eigenvalue weighted by Crippen LogP contribution is 2.35. The first-order valence-corrected chi connectivity index (χ1v) is 8.03. The highest BCUT2D eigenvalue weighted by molar-refractivity contribution is 7.89. The summed E-state index contributed by atoms with van der Waals surface area (Å²) < 4.78 is 28.7. The van der Waals surface area contributed by atoms with Crippen LogP contribution in [0.15, 0.2) is 23.1 Å². The Morgan fingerprint density at radius 1 is 1.32 bits per heavy atom. The van der Waals surface area contributed by atoms with Crippen molar-refractivity contribution in [3.05, 3.63) is 23.8 Å². The minimum Gasteiger partial charge on any atom is -0.493 e. The second kappa shape index (κ2) is 4.80. The second-order valence-electron chi connectivity index (χ2n) is 6.21. The molecule has 1 aliphatic rings. The number of ether oxygens (including phenoxy) is 1. The Balaban J connectivity index is 2.36. The second-order valence-corrected chi connectivity index (χ2v) is 7.77. The lowest BCUT2D eigenvalue weighted by molar-refractivity contribution is 0.291. The molecule has 0 spiro atoms. The molecular weight excluding hydrogens is 262 g/mol. The molecule has 0 aliphatic heterocycles. The van der Waals surface area contributed by atoms with Crippen molar-refractivity contribution in [1.29, 1.82) is 0 Å². The quantitative estimate of drug-likeness (QED) is 0.922. The van der Waals surface area contributed by atoms with E-state index in [9.17, 15) is 8.42 Å². The summed E-state index contributed by atoms with van der Waals surface area (Å²) in [7, 11) is -3.68. The van der Waals surface area contributed by atoms with Gasteiger partial charge in [0.25, 0.3) is 0 Å². The lowest BCUT2D eigenvalue weighted by atomic mass is 9.86. The maximum absolute atomic E-state index is 11.4. The van der Waals surface area contributed by atoms with Gasteiger partial charge in [-0.25, -0.2) is 13.6 Å². The molecule has 0 amide bonds. The van der Waals surface area contributed by atoms with Gasteiger partial charge in [-0.1, -0.05) is 20.8 Å². The van der Waals surface area contributed by atoms with E-state index in [0.717, 1.165) is 11.3 Å². The number of nitrogens with two attached hydrogens (primary N) is 1. The fourth-order valence-corrected chi connectivity index (χ4v) is 2.43. The van der Waals surface area contributed by atoms with Gasteiger partial charge in [-0.15, -0.1) is 0 Å². The van der Waals surface area contributed by atoms with Gasteiger partial charge >= 0.3 is 0 Å². The third-order valence-electron chi connectivity index (χ3n) is 3.26. The minimum absolute atomic E-state index is 0.135. The molecule has 1 aromatic carbocycles. The van der Waals surface area contributed by atoms with Crippen molar-refractivity contribution in [2.45, 2.75) is 43.9 Å². The first-order chi connectivity index (χ1) is 8.68. The monoisotopic (exact) mass is 283 g/mol. The molecule has 5 heteroatoms. The first-order valence-electron chi connectivity index (χ1n) is 6.48. The molecule has 0 saturated heterocycles. The van der Waals surface area contributed by atoms with Crippen LogP contribution in [-0.4, -0.2) is 15.0 Å². The third kappa shape index (κ3) is 3.70. The summed E-state index contributed by atoms with van der Waals surface area (Å²) in [5.74, 6) is 1.41. The van der Waals surface area contributed by atoms with E-state index in [2.05, 4.69) is 0 Å². The number of primary sulfonamides is 1. The van der Waals surface area contributed by atoms with Gasteiger partial charge in [0.05, 0.1) is 11.5 Å². The molecule has 0 bridgehead atoms. The predicted octanol–water partition coefficient (Wildman–Crippen LogP) is 2.42. The molecule has 1 saturated carbocycles. The van der Waals surface area contributed by atoms with Crippen molar-refractivity contribution in [3.8, 4) is 5.75 Å². The summed E-state index contributed by atoms with van der Waals surface area (Å²) in [6, 6.07) is 4.84. The molecule has 106 valence electrons. The van der Waals surface area contributed by atoms with Gasteiger partial charge < -0.3 is 4.74 Å². The van der Waals surface area contributed by atoms with Gasteiger partial charge in [-0.2, -0.15) is 0 Å². The summed E-state index contributed by atoms with van der Waals surface area (Å²) in [6.07, 6.45) is 2.44.